The summed E-state index contributed by atoms with van der Waals surface area (Å²) in [5, 5.41) is 19.3. The first kappa shape index (κ1) is 12.9. The highest BCUT2D eigenvalue weighted by molar-refractivity contribution is 5.92. The summed E-state index contributed by atoms with van der Waals surface area (Å²) in [6.07, 6.45) is 0. The van der Waals surface area contributed by atoms with Crippen molar-refractivity contribution in [1.29, 1.82) is 0 Å². The van der Waals surface area contributed by atoms with Gasteiger partial charge in [0.15, 0.2) is 11.4 Å². The van der Waals surface area contributed by atoms with Crippen LogP contribution in [-0.2, 0) is 4.74 Å². The lowest BCUT2D eigenvalue weighted by atomic mass is 10.2. The second kappa shape index (κ2) is 4.26. The minimum atomic E-state index is -1.27. The summed E-state index contributed by atoms with van der Waals surface area (Å²) in [5.74, 6) is -2.09. The molecule has 0 saturated carbocycles. The molecule has 0 amide bonds. The molecule has 0 spiro atoms. The standard InChI is InChI=1S/C10H11N5O4/c1-10(2,3)19-8(18)5-4-6(7(16)17)15-9(11-5)12-13-14-15/h4H,1-3H3,(H,16,17). The number of nitrogens with zero attached hydrogens (tertiary/aromatic N) is 5. The fraction of sp³-hybridized carbons (Fsp3) is 0.400. The topological polar surface area (TPSA) is 120 Å². The minimum absolute atomic E-state index is 0.0826. The van der Waals surface area contributed by atoms with E-state index in [1.165, 1.54) is 0 Å². The number of rotatable bonds is 2. The second-order valence-electron chi connectivity index (χ2n) is 4.72. The van der Waals surface area contributed by atoms with Crippen LogP contribution in [0.4, 0.5) is 0 Å². The van der Waals surface area contributed by atoms with Crippen molar-refractivity contribution in [2.75, 3.05) is 0 Å². The Hall–Kier alpha value is -2.58. The third kappa shape index (κ3) is 2.64. The largest absolute Gasteiger partial charge is 0.477 e. The molecule has 0 aliphatic heterocycles. The maximum absolute atomic E-state index is 11.8. The van der Waals surface area contributed by atoms with E-state index in [9.17, 15) is 9.59 Å². The van der Waals surface area contributed by atoms with Gasteiger partial charge in [0.1, 0.15) is 5.60 Å². The summed E-state index contributed by atoms with van der Waals surface area (Å²) in [4.78, 5) is 26.8. The van der Waals surface area contributed by atoms with Crippen LogP contribution in [0.25, 0.3) is 5.78 Å². The third-order valence-electron chi connectivity index (χ3n) is 2.00. The van der Waals surface area contributed by atoms with Crippen molar-refractivity contribution in [2.24, 2.45) is 0 Å². The molecule has 0 aromatic carbocycles. The lowest BCUT2D eigenvalue weighted by molar-refractivity contribution is 0.00629. The molecule has 0 aliphatic rings. The van der Waals surface area contributed by atoms with Crippen molar-refractivity contribution in [2.45, 2.75) is 26.4 Å². The number of carbonyl (C=O) groups is 2. The summed E-state index contributed by atoms with van der Waals surface area (Å²) in [5.41, 5.74) is -1.13. The maximum atomic E-state index is 11.8. The van der Waals surface area contributed by atoms with Crippen molar-refractivity contribution < 1.29 is 19.4 Å². The Morgan fingerprint density at radius 2 is 2.05 bits per heavy atom. The van der Waals surface area contributed by atoms with Gasteiger partial charge < -0.3 is 9.84 Å². The van der Waals surface area contributed by atoms with E-state index in [4.69, 9.17) is 9.84 Å². The van der Waals surface area contributed by atoms with Crippen LogP contribution in [-0.4, -0.2) is 47.7 Å². The number of aromatic nitrogens is 5. The summed E-state index contributed by atoms with van der Waals surface area (Å²) >= 11 is 0. The zero-order valence-electron chi connectivity index (χ0n) is 10.5. The number of aromatic carboxylic acids is 1. The van der Waals surface area contributed by atoms with E-state index in [0.717, 1.165) is 10.6 Å². The summed E-state index contributed by atoms with van der Waals surface area (Å²) in [6.45, 7) is 5.08. The molecule has 0 unspecified atom stereocenters. The third-order valence-corrected chi connectivity index (χ3v) is 2.00. The average Bonchev–Trinajstić information content (AvgIpc) is 2.72. The fourth-order valence-electron chi connectivity index (χ4n) is 1.33. The van der Waals surface area contributed by atoms with Gasteiger partial charge in [-0.1, -0.05) is 5.10 Å². The van der Waals surface area contributed by atoms with Gasteiger partial charge in [-0.25, -0.2) is 14.6 Å². The summed E-state index contributed by atoms with van der Waals surface area (Å²) in [6, 6.07) is 1.07. The first-order valence-corrected chi connectivity index (χ1v) is 5.34. The van der Waals surface area contributed by atoms with Crippen LogP contribution in [0.1, 0.15) is 41.7 Å². The Balaban J connectivity index is 2.50. The molecule has 0 saturated heterocycles. The number of esters is 1. The number of carbonyl (C=O) groups excluding carboxylic acids is 1. The highest BCUT2D eigenvalue weighted by atomic mass is 16.6. The van der Waals surface area contributed by atoms with E-state index in [-0.39, 0.29) is 17.2 Å². The van der Waals surface area contributed by atoms with Gasteiger partial charge in [-0.05, 0) is 31.2 Å². The summed E-state index contributed by atoms with van der Waals surface area (Å²) < 4.78 is 6.04. The van der Waals surface area contributed by atoms with Gasteiger partial charge in [0.2, 0.25) is 0 Å². The lowest BCUT2D eigenvalue weighted by Crippen LogP contribution is -2.25. The molecule has 0 radical (unpaired) electrons. The number of hydrogen-bond acceptors (Lipinski definition) is 7. The number of carboxylic acid groups (broad SMARTS) is 1. The first-order chi connectivity index (χ1) is 8.78. The van der Waals surface area contributed by atoms with Crippen LogP contribution < -0.4 is 0 Å². The molecule has 0 atom stereocenters. The smallest absolute Gasteiger partial charge is 0.357 e. The van der Waals surface area contributed by atoms with Gasteiger partial charge in [-0.3, -0.25) is 0 Å². The van der Waals surface area contributed by atoms with Crippen LogP contribution in [0.15, 0.2) is 6.07 Å². The molecule has 2 heterocycles. The molecule has 9 nitrogen and oxygen atoms in total. The van der Waals surface area contributed by atoms with E-state index in [1.807, 2.05) is 0 Å². The zero-order chi connectivity index (χ0) is 14.2. The SMILES string of the molecule is CC(C)(C)OC(=O)c1cc(C(=O)O)n2nnnc2n1. The molecule has 9 heteroatoms. The Morgan fingerprint density at radius 1 is 1.37 bits per heavy atom. The summed E-state index contributed by atoms with van der Waals surface area (Å²) in [7, 11) is 0. The lowest BCUT2D eigenvalue weighted by Gasteiger charge is -2.19. The molecule has 1 N–H and O–H groups in total. The van der Waals surface area contributed by atoms with Crippen molar-refractivity contribution in [3.63, 3.8) is 0 Å². The molecule has 2 rings (SSSR count). The van der Waals surface area contributed by atoms with E-state index in [1.54, 1.807) is 20.8 Å². The predicted molar refractivity (Wildman–Crippen MR) is 60.7 cm³/mol. The molecule has 0 bridgehead atoms. The molecule has 100 valence electrons. The second-order valence-corrected chi connectivity index (χ2v) is 4.72. The van der Waals surface area contributed by atoms with E-state index < -0.39 is 17.5 Å². The molecule has 0 fully saturated rings. The Kier molecular flexibility index (Phi) is 2.89. The van der Waals surface area contributed by atoms with Gasteiger partial charge in [0, 0.05) is 6.07 Å². The molecule has 0 aliphatic carbocycles. The van der Waals surface area contributed by atoms with E-state index >= 15 is 0 Å². The van der Waals surface area contributed by atoms with Gasteiger partial charge >= 0.3 is 11.9 Å². The van der Waals surface area contributed by atoms with Crippen molar-refractivity contribution in [1.82, 2.24) is 25.0 Å². The van der Waals surface area contributed by atoms with Crippen molar-refractivity contribution in [3.05, 3.63) is 17.5 Å². The number of ether oxygens (including phenoxy) is 1. The van der Waals surface area contributed by atoms with Gasteiger partial charge in [-0.2, -0.15) is 4.52 Å². The molecular weight excluding hydrogens is 254 g/mol. The zero-order valence-corrected chi connectivity index (χ0v) is 10.5. The van der Waals surface area contributed by atoms with Gasteiger partial charge in [0.25, 0.3) is 5.78 Å². The van der Waals surface area contributed by atoms with E-state index in [0.29, 0.717) is 0 Å². The monoisotopic (exact) mass is 265 g/mol. The van der Waals surface area contributed by atoms with Crippen LogP contribution in [0, 0.1) is 0 Å². The highest BCUT2D eigenvalue weighted by Gasteiger charge is 2.22. The minimum Gasteiger partial charge on any atom is -0.477 e. The van der Waals surface area contributed by atoms with Crippen LogP contribution in [0.3, 0.4) is 0 Å². The van der Waals surface area contributed by atoms with Gasteiger partial charge in [-0.15, -0.1) is 0 Å². The maximum Gasteiger partial charge on any atom is 0.357 e. The average molecular weight is 265 g/mol. The van der Waals surface area contributed by atoms with Crippen LogP contribution in [0.2, 0.25) is 0 Å². The number of tetrazole rings is 1. The van der Waals surface area contributed by atoms with Crippen molar-refractivity contribution >= 4 is 17.7 Å². The fourth-order valence-corrected chi connectivity index (χ4v) is 1.33. The van der Waals surface area contributed by atoms with Crippen molar-refractivity contribution in [3.8, 4) is 0 Å². The predicted octanol–water partition coefficient (Wildman–Crippen LogP) is 0.173. The quantitative estimate of drug-likeness (QED) is 0.763. The number of fused-ring (bicyclic) bond motifs is 1. The first-order valence-electron chi connectivity index (χ1n) is 5.34. The normalized spacial score (nSPS) is 11.5. The van der Waals surface area contributed by atoms with Crippen LogP contribution >= 0.6 is 0 Å². The van der Waals surface area contributed by atoms with Gasteiger partial charge in [0.05, 0.1) is 0 Å². The molecule has 2 aromatic rings. The number of carboxylic acids is 1. The Labute approximate surface area is 107 Å². The Bertz CT molecular complexity index is 657. The Morgan fingerprint density at radius 3 is 2.63 bits per heavy atom. The molecule has 2 aromatic heterocycles. The molecule has 19 heavy (non-hydrogen) atoms. The molecular formula is C10H11N5O4. The number of hydrogen-bond donors (Lipinski definition) is 1. The highest BCUT2D eigenvalue weighted by Crippen LogP contribution is 2.12. The van der Waals surface area contributed by atoms with Crippen LogP contribution in [0.5, 0.6) is 0 Å². The van der Waals surface area contributed by atoms with E-state index in [2.05, 4.69) is 20.5 Å².